The number of carbonyl (C=O) groups excluding carboxylic acids is 1. The van der Waals surface area contributed by atoms with Gasteiger partial charge in [0.15, 0.2) is 0 Å². The lowest BCUT2D eigenvalue weighted by atomic mass is 10.1. The summed E-state index contributed by atoms with van der Waals surface area (Å²) in [5, 5.41) is 2.48. The van der Waals surface area contributed by atoms with Gasteiger partial charge in [0.2, 0.25) is 5.91 Å². The van der Waals surface area contributed by atoms with E-state index in [2.05, 4.69) is 5.32 Å². The Morgan fingerprint density at radius 2 is 2.00 bits per heavy atom. The zero-order chi connectivity index (χ0) is 17.0. The smallest absolute Gasteiger partial charge is 0.326 e. The van der Waals surface area contributed by atoms with E-state index in [1.54, 1.807) is 6.07 Å². The number of amides is 1. The number of carbonyl (C=O) groups is 1. The SMILES string of the molecule is NCc1cc(NC(=O)CCc2ccc(Cl)s2)cc(C(F)(F)F)c1. The van der Waals surface area contributed by atoms with E-state index in [0.717, 1.165) is 17.0 Å². The Morgan fingerprint density at radius 1 is 1.26 bits per heavy atom. The van der Waals surface area contributed by atoms with Gasteiger partial charge in [-0.05, 0) is 42.3 Å². The number of hydrogen-bond acceptors (Lipinski definition) is 3. The Kier molecular flexibility index (Phi) is 5.67. The van der Waals surface area contributed by atoms with E-state index in [0.29, 0.717) is 16.3 Å². The van der Waals surface area contributed by atoms with Crippen LogP contribution in [-0.2, 0) is 23.9 Å². The van der Waals surface area contributed by atoms with Crippen molar-refractivity contribution in [2.45, 2.75) is 25.6 Å². The minimum Gasteiger partial charge on any atom is -0.326 e. The molecule has 0 atom stereocenters. The lowest BCUT2D eigenvalue weighted by Gasteiger charge is -2.12. The van der Waals surface area contributed by atoms with Crippen LogP contribution in [0.25, 0.3) is 0 Å². The van der Waals surface area contributed by atoms with Crippen LogP contribution in [0.1, 0.15) is 22.4 Å². The van der Waals surface area contributed by atoms with Crippen molar-refractivity contribution in [3.8, 4) is 0 Å². The van der Waals surface area contributed by atoms with E-state index in [1.807, 2.05) is 6.07 Å². The highest BCUT2D eigenvalue weighted by molar-refractivity contribution is 7.16. The van der Waals surface area contributed by atoms with Gasteiger partial charge in [0.05, 0.1) is 9.90 Å². The van der Waals surface area contributed by atoms with Crippen LogP contribution >= 0.6 is 22.9 Å². The molecule has 0 saturated carbocycles. The van der Waals surface area contributed by atoms with Gasteiger partial charge >= 0.3 is 6.18 Å². The monoisotopic (exact) mass is 362 g/mol. The zero-order valence-corrected chi connectivity index (χ0v) is 13.5. The summed E-state index contributed by atoms with van der Waals surface area (Å²) in [5.41, 5.74) is 4.97. The molecule has 0 radical (unpaired) electrons. The van der Waals surface area contributed by atoms with Crippen molar-refractivity contribution in [2.24, 2.45) is 5.73 Å². The van der Waals surface area contributed by atoms with Gasteiger partial charge in [-0.25, -0.2) is 0 Å². The second-order valence-corrected chi connectivity index (χ2v) is 6.67. The Labute approximate surface area is 140 Å². The highest BCUT2D eigenvalue weighted by Gasteiger charge is 2.31. The zero-order valence-electron chi connectivity index (χ0n) is 11.9. The predicted octanol–water partition coefficient (Wildman–Crippen LogP) is 4.45. The topological polar surface area (TPSA) is 55.1 Å². The molecule has 1 aromatic carbocycles. The van der Waals surface area contributed by atoms with Crippen LogP contribution in [0.3, 0.4) is 0 Å². The standard InChI is InChI=1S/C15H14ClF3N2OS/c16-13-3-1-12(23-13)2-4-14(22)21-11-6-9(8-20)5-10(7-11)15(17,18)19/h1,3,5-7H,2,4,8,20H2,(H,21,22). The molecular formula is C15H14ClF3N2OS. The molecule has 124 valence electrons. The molecule has 1 heterocycles. The summed E-state index contributed by atoms with van der Waals surface area (Å²) in [5.74, 6) is -0.364. The summed E-state index contributed by atoms with van der Waals surface area (Å²) in [6.07, 6.45) is -3.85. The van der Waals surface area contributed by atoms with Crippen LogP contribution in [0.15, 0.2) is 30.3 Å². The molecule has 0 fully saturated rings. The summed E-state index contributed by atoms with van der Waals surface area (Å²) < 4.78 is 39.1. The number of nitrogens with one attached hydrogen (secondary N) is 1. The van der Waals surface area contributed by atoms with Crippen molar-refractivity contribution in [1.82, 2.24) is 0 Å². The van der Waals surface area contributed by atoms with Gasteiger partial charge in [0.1, 0.15) is 0 Å². The summed E-state index contributed by atoms with van der Waals surface area (Å²) in [6, 6.07) is 6.87. The first-order valence-electron chi connectivity index (χ1n) is 6.73. The molecule has 0 aliphatic heterocycles. The summed E-state index contributed by atoms with van der Waals surface area (Å²) in [6.45, 7) is -0.0412. The fourth-order valence-electron chi connectivity index (χ4n) is 1.99. The largest absolute Gasteiger partial charge is 0.416 e. The number of alkyl halides is 3. The van der Waals surface area contributed by atoms with Crippen molar-refractivity contribution in [1.29, 1.82) is 0 Å². The Balaban J connectivity index is 2.05. The van der Waals surface area contributed by atoms with Crippen LogP contribution in [0.4, 0.5) is 18.9 Å². The van der Waals surface area contributed by atoms with Gasteiger partial charge in [0, 0.05) is 23.5 Å². The van der Waals surface area contributed by atoms with Crippen LogP contribution in [0.5, 0.6) is 0 Å². The second-order valence-electron chi connectivity index (χ2n) is 4.87. The second kappa shape index (κ2) is 7.33. The van der Waals surface area contributed by atoms with Gasteiger partial charge in [-0.2, -0.15) is 13.2 Å². The number of nitrogens with two attached hydrogens (primary N) is 1. The minimum atomic E-state index is -4.49. The lowest BCUT2D eigenvalue weighted by molar-refractivity contribution is -0.137. The van der Waals surface area contributed by atoms with Crippen LogP contribution in [-0.4, -0.2) is 5.91 Å². The number of benzene rings is 1. The molecule has 2 aromatic rings. The fourth-order valence-corrected chi connectivity index (χ4v) is 3.08. The van der Waals surface area contributed by atoms with Crippen LogP contribution in [0.2, 0.25) is 4.34 Å². The molecular weight excluding hydrogens is 349 g/mol. The van der Waals surface area contributed by atoms with E-state index < -0.39 is 11.7 Å². The third kappa shape index (κ3) is 5.23. The maximum atomic E-state index is 12.8. The quantitative estimate of drug-likeness (QED) is 0.825. The average Bonchev–Trinajstić information content (AvgIpc) is 2.89. The van der Waals surface area contributed by atoms with E-state index in [1.165, 1.54) is 17.4 Å². The first kappa shape index (κ1) is 17.8. The molecule has 1 amide bonds. The summed E-state index contributed by atoms with van der Waals surface area (Å²) in [7, 11) is 0. The molecule has 3 N–H and O–H groups in total. The number of aryl methyl sites for hydroxylation is 1. The van der Waals surface area contributed by atoms with Crippen molar-refractivity contribution >= 4 is 34.5 Å². The molecule has 8 heteroatoms. The molecule has 0 spiro atoms. The minimum absolute atomic E-state index is 0.0412. The number of anilines is 1. The normalized spacial score (nSPS) is 11.5. The van der Waals surface area contributed by atoms with E-state index in [4.69, 9.17) is 17.3 Å². The van der Waals surface area contributed by atoms with Gasteiger partial charge in [0.25, 0.3) is 0 Å². The van der Waals surface area contributed by atoms with Crippen molar-refractivity contribution in [3.63, 3.8) is 0 Å². The predicted molar refractivity (Wildman–Crippen MR) is 85.6 cm³/mol. The van der Waals surface area contributed by atoms with Crippen molar-refractivity contribution in [2.75, 3.05) is 5.32 Å². The molecule has 0 aliphatic carbocycles. The number of halogens is 4. The van der Waals surface area contributed by atoms with E-state index in [9.17, 15) is 18.0 Å². The number of hydrogen-bond donors (Lipinski definition) is 2. The maximum Gasteiger partial charge on any atom is 0.416 e. The fraction of sp³-hybridized carbons (Fsp3) is 0.267. The van der Waals surface area contributed by atoms with Gasteiger partial charge in [-0.15, -0.1) is 11.3 Å². The third-order valence-electron chi connectivity index (χ3n) is 3.07. The summed E-state index contributed by atoms with van der Waals surface area (Å²) >= 11 is 7.17. The highest BCUT2D eigenvalue weighted by atomic mass is 35.5. The number of rotatable bonds is 5. The maximum absolute atomic E-state index is 12.8. The van der Waals surface area contributed by atoms with Crippen LogP contribution in [0, 0.1) is 0 Å². The van der Waals surface area contributed by atoms with Crippen molar-refractivity contribution < 1.29 is 18.0 Å². The Bertz CT molecular complexity index is 700. The summed E-state index contributed by atoms with van der Waals surface area (Å²) in [4.78, 5) is 12.8. The van der Waals surface area contributed by atoms with Crippen molar-refractivity contribution in [3.05, 3.63) is 50.7 Å². The van der Waals surface area contributed by atoms with Crippen LogP contribution < -0.4 is 11.1 Å². The first-order valence-corrected chi connectivity index (χ1v) is 7.92. The van der Waals surface area contributed by atoms with Gasteiger partial charge in [-0.3, -0.25) is 4.79 Å². The van der Waals surface area contributed by atoms with Gasteiger partial charge in [-0.1, -0.05) is 11.6 Å². The molecule has 1 aromatic heterocycles. The molecule has 2 rings (SSSR count). The lowest BCUT2D eigenvalue weighted by Crippen LogP contribution is -2.14. The molecule has 23 heavy (non-hydrogen) atoms. The average molecular weight is 363 g/mol. The number of thiophene rings is 1. The van der Waals surface area contributed by atoms with E-state index in [-0.39, 0.29) is 24.6 Å². The van der Waals surface area contributed by atoms with Gasteiger partial charge < -0.3 is 11.1 Å². The van der Waals surface area contributed by atoms with E-state index >= 15 is 0 Å². The molecule has 0 saturated heterocycles. The highest BCUT2D eigenvalue weighted by Crippen LogP contribution is 2.32. The molecule has 3 nitrogen and oxygen atoms in total. The Hall–Kier alpha value is -1.57. The Morgan fingerprint density at radius 3 is 2.57 bits per heavy atom. The molecule has 0 unspecified atom stereocenters. The first-order chi connectivity index (χ1) is 10.8. The third-order valence-corrected chi connectivity index (χ3v) is 4.36. The molecule has 0 aliphatic rings. The molecule has 0 bridgehead atoms.